The second-order valence-corrected chi connectivity index (χ2v) is 4.27. The fourth-order valence-electron chi connectivity index (χ4n) is 1.47. The van der Waals surface area contributed by atoms with Crippen LogP contribution in [0, 0.1) is 12.7 Å². The number of anilines is 1. The van der Waals surface area contributed by atoms with Crippen molar-refractivity contribution in [2.45, 2.75) is 13.5 Å². The minimum absolute atomic E-state index is 0.00127. The number of ether oxygens (including phenoxy) is 1. The van der Waals surface area contributed by atoms with E-state index in [9.17, 15) is 4.39 Å². The van der Waals surface area contributed by atoms with Crippen molar-refractivity contribution in [3.05, 3.63) is 52.6 Å². The van der Waals surface area contributed by atoms with Crippen LogP contribution in [0.25, 0.3) is 0 Å². The SMILES string of the molecule is Cc1cccnc1COc1cc(F)c(N)cc1Cl. The van der Waals surface area contributed by atoms with Gasteiger partial charge in [0.05, 0.1) is 16.4 Å². The molecule has 1 aromatic carbocycles. The van der Waals surface area contributed by atoms with Gasteiger partial charge >= 0.3 is 0 Å². The smallest absolute Gasteiger partial charge is 0.149 e. The molecule has 5 heteroatoms. The van der Waals surface area contributed by atoms with Crippen molar-refractivity contribution >= 4 is 17.3 Å². The van der Waals surface area contributed by atoms with Crippen LogP contribution in [-0.4, -0.2) is 4.98 Å². The first-order valence-corrected chi connectivity index (χ1v) is 5.73. The van der Waals surface area contributed by atoms with Crippen molar-refractivity contribution < 1.29 is 9.13 Å². The van der Waals surface area contributed by atoms with Gasteiger partial charge in [0, 0.05) is 12.3 Å². The van der Waals surface area contributed by atoms with Crippen molar-refractivity contribution in [2.24, 2.45) is 0 Å². The third kappa shape index (κ3) is 2.71. The maximum atomic E-state index is 13.3. The van der Waals surface area contributed by atoms with Crippen LogP contribution >= 0.6 is 11.6 Å². The van der Waals surface area contributed by atoms with E-state index in [2.05, 4.69) is 4.98 Å². The first-order valence-electron chi connectivity index (χ1n) is 5.35. The van der Waals surface area contributed by atoms with Crippen LogP contribution in [0.1, 0.15) is 11.3 Å². The summed E-state index contributed by atoms with van der Waals surface area (Å²) in [5.41, 5.74) is 7.18. The van der Waals surface area contributed by atoms with Crippen LogP contribution in [0.4, 0.5) is 10.1 Å². The number of hydrogen-bond acceptors (Lipinski definition) is 3. The van der Waals surface area contributed by atoms with E-state index in [1.54, 1.807) is 6.20 Å². The van der Waals surface area contributed by atoms with Gasteiger partial charge in [-0.3, -0.25) is 4.98 Å². The molecule has 0 aliphatic heterocycles. The van der Waals surface area contributed by atoms with Crippen molar-refractivity contribution in [1.29, 1.82) is 0 Å². The van der Waals surface area contributed by atoms with Gasteiger partial charge in [-0.15, -0.1) is 0 Å². The predicted molar refractivity (Wildman–Crippen MR) is 69.1 cm³/mol. The highest BCUT2D eigenvalue weighted by atomic mass is 35.5. The largest absolute Gasteiger partial charge is 0.486 e. The molecule has 3 nitrogen and oxygen atoms in total. The molecule has 0 aliphatic rings. The highest BCUT2D eigenvalue weighted by Crippen LogP contribution is 2.29. The lowest BCUT2D eigenvalue weighted by atomic mass is 10.2. The summed E-state index contributed by atoms with van der Waals surface area (Å²) in [4.78, 5) is 4.18. The van der Waals surface area contributed by atoms with Crippen molar-refractivity contribution in [3.8, 4) is 5.75 Å². The maximum absolute atomic E-state index is 13.3. The van der Waals surface area contributed by atoms with Gasteiger partial charge in [-0.25, -0.2) is 4.39 Å². The van der Waals surface area contributed by atoms with E-state index in [-0.39, 0.29) is 23.1 Å². The Morgan fingerprint density at radius 1 is 1.44 bits per heavy atom. The first kappa shape index (κ1) is 12.6. The summed E-state index contributed by atoms with van der Waals surface area (Å²) in [5, 5.41) is 0.280. The normalized spacial score (nSPS) is 10.4. The Balaban J connectivity index is 2.16. The molecule has 1 heterocycles. The Bertz CT molecular complexity index is 575. The molecule has 0 saturated heterocycles. The van der Waals surface area contributed by atoms with Gasteiger partial charge in [0.25, 0.3) is 0 Å². The van der Waals surface area contributed by atoms with Crippen LogP contribution in [0.3, 0.4) is 0 Å². The summed E-state index contributed by atoms with van der Waals surface area (Å²) in [7, 11) is 0. The standard InChI is InChI=1S/C13H12ClFN2O/c1-8-3-2-4-17-12(8)7-18-13-6-10(15)11(16)5-9(13)14/h2-6H,7,16H2,1H3. The minimum atomic E-state index is -0.549. The van der Waals surface area contributed by atoms with Crippen molar-refractivity contribution in [2.75, 3.05) is 5.73 Å². The molecule has 0 fully saturated rings. The number of benzene rings is 1. The Morgan fingerprint density at radius 3 is 2.94 bits per heavy atom. The van der Waals surface area contributed by atoms with E-state index >= 15 is 0 Å². The van der Waals surface area contributed by atoms with Gasteiger partial charge < -0.3 is 10.5 Å². The Kier molecular flexibility index (Phi) is 3.67. The lowest BCUT2D eigenvalue weighted by Crippen LogP contribution is -2.02. The summed E-state index contributed by atoms with van der Waals surface area (Å²) in [6, 6.07) is 6.28. The number of rotatable bonds is 3. The van der Waals surface area contributed by atoms with Gasteiger partial charge in [0.15, 0.2) is 0 Å². The summed E-state index contributed by atoms with van der Waals surface area (Å²) < 4.78 is 18.7. The van der Waals surface area contributed by atoms with Gasteiger partial charge in [-0.2, -0.15) is 0 Å². The van der Waals surface area contributed by atoms with Crippen LogP contribution in [0.5, 0.6) is 5.75 Å². The number of nitrogens with zero attached hydrogens (tertiary/aromatic N) is 1. The van der Waals surface area contributed by atoms with Gasteiger partial charge in [-0.05, 0) is 24.6 Å². The number of halogens is 2. The van der Waals surface area contributed by atoms with Gasteiger partial charge in [-0.1, -0.05) is 17.7 Å². The number of pyridine rings is 1. The average Bonchev–Trinajstić information content (AvgIpc) is 2.34. The highest BCUT2D eigenvalue weighted by molar-refractivity contribution is 6.32. The van der Waals surface area contributed by atoms with E-state index in [1.807, 2.05) is 19.1 Å². The third-order valence-corrected chi connectivity index (χ3v) is 2.83. The molecular weight excluding hydrogens is 255 g/mol. The first-order chi connectivity index (χ1) is 8.58. The molecule has 2 aromatic rings. The van der Waals surface area contributed by atoms with Gasteiger partial charge in [0.1, 0.15) is 18.2 Å². The molecule has 0 radical (unpaired) electrons. The predicted octanol–water partition coefficient (Wildman–Crippen LogP) is 3.34. The summed E-state index contributed by atoms with van der Waals surface area (Å²) in [5.74, 6) is -0.291. The molecule has 2 N–H and O–H groups in total. The molecule has 18 heavy (non-hydrogen) atoms. The molecular formula is C13H12ClFN2O. The number of nitrogens with two attached hydrogens (primary N) is 1. The second kappa shape index (κ2) is 5.23. The summed E-state index contributed by atoms with van der Waals surface area (Å²) in [6.07, 6.45) is 1.68. The lowest BCUT2D eigenvalue weighted by molar-refractivity contribution is 0.299. The van der Waals surface area contributed by atoms with Crippen LogP contribution in [-0.2, 0) is 6.61 Å². The molecule has 0 unspecified atom stereocenters. The number of aryl methyl sites for hydroxylation is 1. The summed E-state index contributed by atoms with van der Waals surface area (Å²) >= 11 is 5.92. The van der Waals surface area contributed by atoms with E-state index < -0.39 is 5.82 Å². The van der Waals surface area contributed by atoms with Crippen molar-refractivity contribution in [1.82, 2.24) is 4.98 Å². The number of hydrogen-bond donors (Lipinski definition) is 1. The molecule has 94 valence electrons. The van der Waals surface area contributed by atoms with Crippen LogP contribution < -0.4 is 10.5 Å². The molecule has 0 bridgehead atoms. The fourth-order valence-corrected chi connectivity index (χ4v) is 1.70. The van der Waals surface area contributed by atoms with Crippen LogP contribution in [0.15, 0.2) is 30.5 Å². The maximum Gasteiger partial charge on any atom is 0.149 e. The number of aromatic nitrogens is 1. The minimum Gasteiger partial charge on any atom is -0.486 e. The highest BCUT2D eigenvalue weighted by Gasteiger charge is 2.08. The average molecular weight is 267 g/mol. The van der Waals surface area contributed by atoms with Crippen LogP contribution in [0.2, 0.25) is 5.02 Å². The van der Waals surface area contributed by atoms with E-state index in [4.69, 9.17) is 22.1 Å². The molecule has 2 rings (SSSR count). The zero-order valence-electron chi connectivity index (χ0n) is 9.78. The third-order valence-electron chi connectivity index (χ3n) is 2.53. The topological polar surface area (TPSA) is 48.1 Å². The second-order valence-electron chi connectivity index (χ2n) is 3.86. The molecule has 0 saturated carbocycles. The Hall–Kier alpha value is -1.81. The quantitative estimate of drug-likeness (QED) is 0.867. The molecule has 0 amide bonds. The number of nitrogen functional groups attached to an aromatic ring is 1. The zero-order chi connectivity index (χ0) is 13.1. The fraction of sp³-hybridized carbons (Fsp3) is 0.154. The Labute approximate surface area is 109 Å². The zero-order valence-corrected chi connectivity index (χ0v) is 10.5. The molecule has 0 spiro atoms. The summed E-state index contributed by atoms with van der Waals surface area (Å²) in [6.45, 7) is 2.16. The van der Waals surface area contributed by atoms with E-state index in [0.29, 0.717) is 0 Å². The van der Waals surface area contributed by atoms with E-state index in [0.717, 1.165) is 11.3 Å². The Morgan fingerprint density at radius 2 is 2.22 bits per heavy atom. The van der Waals surface area contributed by atoms with Gasteiger partial charge in [0.2, 0.25) is 0 Å². The molecule has 0 atom stereocenters. The molecule has 1 aromatic heterocycles. The monoisotopic (exact) mass is 266 g/mol. The van der Waals surface area contributed by atoms with Crippen molar-refractivity contribution in [3.63, 3.8) is 0 Å². The lowest BCUT2D eigenvalue weighted by Gasteiger charge is -2.10. The van der Waals surface area contributed by atoms with E-state index in [1.165, 1.54) is 12.1 Å². The molecule has 0 aliphatic carbocycles.